The summed E-state index contributed by atoms with van der Waals surface area (Å²) < 4.78 is 3.01. The van der Waals surface area contributed by atoms with E-state index in [-0.39, 0.29) is 0 Å². The van der Waals surface area contributed by atoms with E-state index in [1.165, 1.54) is 0 Å². The number of nitrogens with zero attached hydrogens (tertiary/aromatic N) is 3. The first-order valence-electron chi connectivity index (χ1n) is 4.46. The second kappa shape index (κ2) is 4.81. The molecule has 0 aromatic carbocycles. The Morgan fingerprint density at radius 2 is 2.27 bits per heavy atom. The fourth-order valence-electron chi connectivity index (χ4n) is 1.12. The van der Waals surface area contributed by atoms with Crippen molar-refractivity contribution in [2.45, 2.75) is 10.9 Å². The lowest BCUT2D eigenvalue weighted by atomic mass is 10.4. The van der Waals surface area contributed by atoms with Crippen LogP contribution in [-0.2, 0) is 12.8 Å². The minimum Gasteiger partial charge on any atom is -0.329 e. The molecule has 2 heterocycles. The van der Waals surface area contributed by atoms with Crippen molar-refractivity contribution < 1.29 is 0 Å². The molecule has 15 heavy (non-hydrogen) atoms. The third-order valence-corrected chi connectivity index (χ3v) is 3.48. The van der Waals surface area contributed by atoms with Crippen LogP contribution in [0.5, 0.6) is 0 Å². The molecule has 5 heteroatoms. The zero-order valence-corrected chi connectivity index (χ0v) is 10.6. The van der Waals surface area contributed by atoms with Crippen LogP contribution < -0.4 is 0 Å². The Morgan fingerprint density at radius 3 is 2.87 bits per heavy atom. The van der Waals surface area contributed by atoms with Gasteiger partial charge in [0, 0.05) is 35.9 Å². The number of hydrogen-bond acceptors (Lipinski definition) is 3. The summed E-state index contributed by atoms with van der Waals surface area (Å²) in [6, 6.07) is 4.02. The molecule has 2 aromatic heterocycles. The van der Waals surface area contributed by atoms with Crippen LogP contribution in [0.2, 0.25) is 0 Å². The second-order valence-electron chi connectivity index (χ2n) is 3.08. The number of thioether (sulfide) groups is 1. The highest BCUT2D eigenvalue weighted by molar-refractivity contribution is 9.10. The van der Waals surface area contributed by atoms with E-state index in [9.17, 15) is 0 Å². The van der Waals surface area contributed by atoms with E-state index >= 15 is 0 Å². The average molecular weight is 284 g/mol. The van der Waals surface area contributed by atoms with Gasteiger partial charge in [-0.3, -0.25) is 4.98 Å². The van der Waals surface area contributed by atoms with Gasteiger partial charge in [-0.15, -0.1) is 0 Å². The number of aryl methyl sites for hydroxylation is 1. The van der Waals surface area contributed by atoms with Crippen molar-refractivity contribution in [1.82, 2.24) is 14.5 Å². The summed E-state index contributed by atoms with van der Waals surface area (Å²) in [7, 11) is 1.99. The molecule has 0 bridgehead atoms. The molecule has 3 nitrogen and oxygen atoms in total. The van der Waals surface area contributed by atoms with E-state index in [1.807, 2.05) is 36.1 Å². The summed E-state index contributed by atoms with van der Waals surface area (Å²) >= 11 is 5.05. The lowest BCUT2D eigenvalue weighted by molar-refractivity contribution is 0.789. The molecule has 0 spiro atoms. The minimum atomic E-state index is 0.845. The van der Waals surface area contributed by atoms with Crippen LogP contribution in [-0.4, -0.2) is 14.5 Å². The number of rotatable bonds is 3. The molecule has 0 aliphatic rings. The maximum absolute atomic E-state index is 4.30. The molecule has 0 unspecified atom stereocenters. The minimum absolute atomic E-state index is 0.845. The van der Waals surface area contributed by atoms with Crippen molar-refractivity contribution in [1.29, 1.82) is 0 Å². The van der Waals surface area contributed by atoms with Crippen molar-refractivity contribution in [3.63, 3.8) is 0 Å². The Hall–Kier alpha value is -0.810. The predicted molar refractivity (Wildman–Crippen MR) is 64.7 cm³/mol. The number of hydrogen-bond donors (Lipinski definition) is 0. The lowest BCUT2D eigenvalue weighted by Gasteiger charge is -2.01. The molecule has 0 N–H and O–H groups in total. The quantitative estimate of drug-likeness (QED) is 0.812. The van der Waals surface area contributed by atoms with E-state index < -0.39 is 0 Å². The van der Waals surface area contributed by atoms with Crippen LogP contribution in [0.4, 0.5) is 0 Å². The van der Waals surface area contributed by atoms with Crippen LogP contribution in [0.1, 0.15) is 5.69 Å². The van der Waals surface area contributed by atoms with Crippen LogP contribution in [0.25, 0.3) is 0 Å². The molecule has 0 saturated carbocycles. The first kappa shape index (κ1) is 10.7. The summed E-state index contributed by atoms with van der Waals surface area (Å²) in [5, 5.41) is 1.01. The highest BCUT2D eigenvalue weighted by atomic mass is 79.9. The van der Waals surface area contributed by atoms with Crippen LogP contribution >= 0.6 is 27.7 Å². The molecule has 0 aliphatic heterocycles. The monoisotopic (exact) mass is 283 g/mol. The first-order valence-corrected chi connectivity index (χ1v) is 6.24. The number of pyridine rings is 1. The molecular formula is C10H10BrN3S. The van der Waals surface area contributed by atoms with Gasteiger partial charge in [0.1, 0.15) is 0 Å². The summed E-state index contributed by atoms with van der Waals surface area (Å²) in [6.45, 7) is 0. The molecule has 0 amide bonds. The first-order chi connectivity index (χ1) is 7.25. The Bertz CT molecular complexity index is 438. The van der Waals surface area contributed by atoms with E-state index in [1.54, 1.807) is 18.0 Å². The average Bonchev–Trinajstić information content (AvgIpc) is 2.63. The van der Waals surface area contributed by atoms with Crippen molar-refractivity contribution in [2.75, 3.05) is 0 Å². The zero-order valence-electron chi connectivity index (χ0n) is 8.22. The Labute approximate surface area is 101 Å². The van der Waals surface area contributed by atoms with Crippen molar-refractivity contribution in [3.8, 4) is 0 Å². The predicted octanol–water partition coefficient (Wildman–Crippen LogP) is 2.87. The smallest absolute Gasteiger partial charge is 0.168 e. The topological polar surface area (TPSA) is 30.7 Å². The number of halogens is 1. The molecular weight excluding hydrogens is 274 g/mol. The van der Waals surface area contributed by atoms with E-state index in [0.29, 0.717) is 0 Å². The second-order valence-corrected chi connectivity index (χ2v) is 4.94. The number of aromatic nitrogens is 3. The molecule has 2 aromatic rings. The molecule has 2 rings (SSSR count). The van der Waals surface area contributed by atoms with Crippen molar-refractivity contribution >= 4 is 27.7 Å². The van der Waals surface area contributed by atoms with E-state index in [4.69, 9.17) is 0 Å². The van der Waals surface area contributed by atoms with Gasteiger partial charge in [0.25, 0.3) is 0 Å². The summed E-state index contributed by atoms with van der Waals surface area (Å²) in [4.78, 5) is 8.54. The third kappa shape index (κ3) is 2.82. The van der Waals surface area contributed by atoms with Gasteiger partial charge in [0.15, 0.2) is 5.16 Å². The zero-order chi connectivity index (χ0) is 10.7. The highest BCUT2D eigenvalue weighted by Crippen LogP contribution is 2.19. The molecule has 0 atom stereocenters. The Kier molecular flexibility index (Phi) is 3.43. The summed E-state index contributed by atoms with van der Waals surface area (Å²) in [5.41, 5.74) is 1.06. The van der Waals surface area contributed by atoms with Gasteiger partial charge in [-0.25, -0.2) is 4.98 Å². The van der Waals surface area contributed by atoms with Gasteiger partial charge in [0.05, 0.1) is 5.69 Å². The van der Waals surface area contributed by atoms with Gasteiger partial charge in [-0.1, -0.05) is 11.8 Å². The maximum atomic E-state index is 4.30. The van der Waals surface area contributed by atoms with Gasteiger partial charge in [-0.2, -0.15) is 0 Å². The van der Waals surface area contributed by atoms with Gasteiger partial charge >= 0.3 is 0 Å². The largest absolute Gasteiger partial charge is 0.329 e. The fourth-order valence-corrected chi connectivity index (χ4v) is 2.20. The van der Waals surface area contributed by atoms with Gasteiger partial charge < -0.3 is 4.57 Å². The SMILES string of the molecule is Cn1ccnc1SCc1ccc(Br)cn1. The highest BCUT2D eigenvalue weighted by Gasteiger charge is 2.01. The number of imidazole rings is 1. The molecule has 78 valence electrons. The summed E-state index contributed by atoms with van der Waals surface area (Å²) in [5.74, 6) is 0.845. The van der Waals surface area contributed by atoms with E-state index in [0.717, 1.165) is 21.1 Å². The maximum Gasteiger partial charge on any atom is 0.168 e. The molecule has 0 fully saturated rings. The van der Waals surface area contributed by atoms with Gasteiger partial charge in [-0.05, 0) is 28.1 Å². The fraction of sp³-hybridized carbons (Fsp3) is 0.200. The molecule has 0 radical (unpaired) electrons. The standard InChI is InChI=1S/C10H10BrN3S/c1-14-5-4-12-10(14)15-7-9-3-2-8(11)6-13-9/h2-6H,7H2,1H3. The van der Waals surface area contributed by atoms with Crippen LogP contribution in [0, 0.1) is 0 Å². The van der Waals surface area contributed by atoms with Crippen molar-refractivity contribution in [3.05, 3.63) is 40.9 Å². The Balaban J connectivity index is 1.99. The van der Waals surface area contributed by atoms with Crippen LogP contribution in [0.3, 0.4) is 0 Å². The lowest BCUT2D eigenvalue weighted by Crippen LogP contribution is -1.91. The molecule has 0 saturated heterocycles. The Morgan fingerprint density at radius 1 is 1.40 bits per heavy atom. The third-order valence-electron chi connectivity index (χ3n) is 1.91. The van der Waals surface area contributed by atoms with Gasteiger partial charge in [0.2, 0.25) is 0 Å². The van der Waals surface area contributed by atoms with Crippen molar-refractivity contribution in [2.24, 2.45) is 7.05 Å². The summed E-state index contributed by atoms with van der Waals surface area (Å²) in [6.07, 6.45) is 5.56. The molecule has 0 aliphatic carbocycles. The normalized spacial score (nSPS) is 10.5. The van der Waals surface area contributed by atoms with Crippen LogP contribution in [0.15, 0.2) is 40.4 Å². The van der Waals surface area contributed by atoms with E-state index in [2.05, 4.69) is 25.9 Å².